The van der Waals surface area contributed by atoms with Crippen molar-refractivity contribution in [1.29, 1.82) is 0 Å². The zero-order valence-electron chi connectivity index (χ0n) is 47.8. The van der Waals surface area contributed by atoms with Gasteiger partial charge in [-0.3, -0.25) is 33.7 Å². The van der Waals surface area contributed by atoms with E-state index in [1.807, 2.05) is 62.4 Å². The lowest BCUT2D eigenvalue weighted by Crippen LogP contribution is -2.59. The van der Waals surface area contributed by atoms with Gasteiger partial charge in [-0.15, -0.1) is 11.3 Å². The third kappa shape index (κ3) is 16.2. The van der Waals surface area contributed by atoms with E-state index in [-0.39, 0.29) is 63.8 Å². The molecule has 6 N–H and O–H groups in total. The van der Waals surface area contributed by atoms with E-state index in [1.165, 1.54) is 16.2 Å². The Morgan fingerprint density at radius 1 is 0.890 bits per heavy atom. The minimum atomic E-state index is -1.98. The first kappa shape index (κ1) is 61.7. The molecule has 3 aromatic carbocycles. The first-order valence-corrected chi connectivity index (χ1v) is 29.5. The SMILES string of the molecule is Cc1ncsc1-c1ccc(CNC(=O)[C@@H]2C[C@@H](O)CN2C(=O)[C@@H](NC(=O)C2(F)CC2)C(C)(C)C)c(OCCOCCOCCOCCCc2ccc(CO[C@H](C)[C@H](CCC(N)=O)NC(=O)[C@@H]3Cc4cccc5c4N3C(=O)CCC5)cc2)c1. The molecule has 1 aromatic heterocycles. The second-order valence-corrected chi connectivity index (χ2v) is 23.8. The Balaban J connectivity index is 0.709. The summed E-state index contributed by atoms with van der Waals surface area (Å²) in [5.41, 5.74) is 12.0. The monoisotopic (exact) mass is 1150 g/mol. The lowest BCUT2D eigenvalue weighted by molar-refractivity contribution is -0.145. The number of β-amino-alcohol motifs (C(OH)–C–C–N with tert-alkyl or cyclic N) is 1. The van der Waals surface area contributed by atoms with Crippen molar-refractivity contribution in [3.8, 4) is 16.2 Å². The molecule has 4 aliphatic rings. The number of carbonyl (C=O) groups excluding carboxylic acids is 6. The Morgan fingerprint density at radius 2 is 1.59 bits per heavy atom. The van der Waals surface area contributed by atoms with Gasteiger partial charge in [-0.05, 0) is 98.1 Å². The minimum Gasteiger partial charge on any atom is -0.491 e. The maximum atomic E-state index is 14.7. The highest BCUT2D eigenvalue weighted by Gasteiger charge is 2.53. The fraction of sp³-hybridized carbons (Fsp3) is 0.557. The van der Waals surface area contributed by atoms with Crippen LogP contribution in [0.1, 0.15) is 113 Å². The molecule has 1 saturated carbocycles. The molecule has 19 nitrogen and oxygen atoms in total. The van der Waals surface area contributed by atoms with Crippen molar-refractivity contribution < 1.29 is 61.9 Å². The van der Waals surface area contributed by atoms with E-state index in [0.717, 1.165) is 69.8 Å². The lowest BCUT2D eigenvalue weighted by atomic mass is 9.85. The van der Waals surface area contributed by atoms with Crippen LogP contribution < -0.4 is 31.3 Å². The van der Waals surface area contributed by atoms with Crippen LogP contribution in [0.4, 0.5) is 10.1 Å². The predicted octanol–water partition coefficient (Wildman–Crippen LogP) is 5.74. The van der Waals surface area contributed by atoms with Crippen molar-refractivity contribution in [2.75, 3.05) is 57.7 Å². The number of anilines is 1. The number of amides is 6. The number of alkyl halides is 1. The van der Waals surface area contributed by atoms with Gasteiger partial charge in [0.05, 0.1) is 79.7 Å². The number of nitrogens with one attached hydrogen (secondary N) is 3. The lowest BCUT2D eigenvalue weighted by Gasteiger charge is -2.35. The molecular formula is C61H80FN7O12S. The molecule has 3 aliphatic heterocycles. The summed E-state index contributed by atoms with van der Waals surface area (Å²) in [6, 6.07) is 16.6. The number of likely N-dealkylation sites (tertiary alicyclic amines) is 1. The van der Waals surface area contributed by atoms with Gasteiger partial charge < -0.3 is 55.4 Å². The number of primary amides is 1. The van der Waals surface area contributed by atoms with Crippen LogP contribution in [0.25, 0.3) is 10.4 Å². The summed E-state index contributed by atoms with van der Waals surface area (Å²) >= 11 is 1.50. The minimum absolute atomic E-state index is 0.00837. The van der Waals surface area contributed by atoms with Gasteiger partial charge in [0.2, 0.25) is 29.5 Å². The third-order valence-electron chi connectivity index (χ3n) is 15.6. The summed E-state index contributed by atoms with van der Waals surface area (Å²) in [5.74, 6) is -2.13. The van der Waals surface area contributed by atoms with Gasteiger partial charge in [0.1, 0.15) is 30.5 Å². The standard InChI is InChI=1S/C61H80FN7O12S/c1-38-54(82-37-65-38)44-18-19-45(34-64-56(73)48-33-46(70)35-68(48)58(75)55(60(3,4)5)67-59(76)61(62)22-23-61)50(32-44)80-30-29-79-28-27-78-26-25-77-24-8-9-40-14-16-41(17-15-40)36-81-39(2)47(20-21-51(63)71)66-57(74)49-31-43-12-6-10-42-11-7-13-52(72)69(49)53(42)43/h6,10,12,14-19,32,37,39,46-49,55,70H,7-9,11,13,20-31,33-36H2,1-5H3,(H2,63,71)(H,64,73)(H,66,74)(H,67,76)/t39-,46-,47+,48+,49+,55-/m1/s1. The van der Waals surface area contributed by atoms with E-state index >= 15 is 0 Å². The fourth-order valence-corrected chi connectivity index (χ4v) is 11.5. The Hall–Kier alpha value is -6.36. The number of aryl methyl sites for hydroxylation is 3. The number of rotatable bonds is 30. The van der Waals surface area contributed by atoms with Crippen LogP contribution in [0, 0.1) is 12.3 Å². The molecular weight excluding hydrogens is 1070 g/mol. The number of thiazole rings is 1. The van der Waals surface area contributed by atoms with Gasteiger partial charge in [-0.25, -0.2) is 9.37 Å². The first-order chi connectivity index (χ1) is 39.3. The largest absolute Gasteiger partial charge is 0.491 e. The first-order valence-electron chi connectivity index (χ1n) is 28.7. The van der Waals surface area contributed by atoms with Gasteiger partial charge in [0, 0.05) is 50.9 Å². The molecule has 6 amide bonds. The summed E-state index contributed by atoms with van der Waals surface area (Å²) in [4.78, 5) is 87.6. The highest BCUT2D eigenvalue weighted by molar-refractivity contribution is 7.13. The number of hydrogen-bond donors (Lipinski definition) is 5. The van der Waals surface area contributed by atoms with Crippen molar-refractivity contribution in [1.82, 2.24) is 25.8 Å². The Kier molecular flexibility index (Phi) is 21.3. The Bertz CT molecular complexity index is 2880. The number of aliphatic hydroxyl groups excluding tert-OH is 1. The van der Waals surface area contributed by atoms with Gasteiger partial charge in [0.25, 0.3) is 5.91 Å². The molecule has 1 saturated heterocycles. The van der Waals surface area contributed by atoms with Crippen LogP contribution in [0.5, 0.6) is 5.75 Å². The molecule has 0 unspecified atom stereocenters. The van der Waals surface area contributed by atoms with Gasteiger partial charge in [0.15, 0.2) is 5.67 Å². The molecule has 0 bridgehead atoms. The average Bonchev–Trinajstić information content (AvgIpc) is 3.68. The number of ether oxygens (including phenoxy) is 5. The smallest absolute Gasteiger partial charge is 0.258 e. The maximum Gasteiger partial charge on any atom is 0.258 e. The molecule has 4 heterocycles. The summed E-state index contributed by atoms with van der Waals surface area (Å²) < 4.78 is 44.5. The number of benzene rings is 3. The number of nitrogens with zero attached hydrogens (tertiary/aromatic N) is 3. The Labute approximate surface area is 483 Å². The topological polar surface area (TPSA) is 250 Å². The molecule has 4 aromatic rings. The fourth-order valence-electron chi connectivity index (χ4n) is 10.7. The number of halogens is 1. The van der Waals surface area contributed by atoms with Crippen LogP contribution in [0.3, 0.4) is 0 Å². The average molecular weight is 1150 g/mol. The highest BCUT2D eigenvalue weighted by Crippen LogP contribution is 2.41. The van der Waals surface area contributed by atoms with E-state index in [9.17, 15) is 38.3 Å². The quantitative estimate of drug-likeness (QED) is 0.0392. The van der Waals surface area contributed by atoms with Crippen LogP contribution >= 0.6 is 11.3 Å². The zero-order chi connectivity index (χ0) is 58.6. The van der Waals surface area contributed by atoms with E-state index in [2.05, 4.69) is 33.1 Å². The van der Waals surface area contributed by atoms with Gasteiger partial charge in [-0.1, -0.05) is 75.4 Å². The second-order valence-electron chi connectivity index (χ2n) is 22.9. The molecule has 0 spiro atoms. The zero-order valence-corrected chi connectivity index (χ0v) is 48.6. The van der Waals surface area contributed by atoms with E-state index in [0.29, 0.717) is 70.2 Å². The summed E-state index contributed by atoms with van der Waals surface area (Å²) in [6.45, 7) is 11.9. The third-order valence-corrected chi connectivity index (χ3v) is 16.5. The molecule has 21 heteroatoms. The predicted molar refractivity (Wildman–Crippen MR) is 306 cm³/mol. The summed E-state index contributed by atoms with van der Waals surface area (Å²) in [6.07, 6.45) is 3.21. The molecule has 1 aliphatic carbocycles. The van der Waals surface area contributed by atoms with Gasteiger partial charge in [-0.2, -0.15) is 0 Å². The van der Waals surface area contributed by atoms with Crippen molar-refractivity contribution in [2.45, 2.75) is 160 Å². The van der Waals surface area contributed by atoms with Crippen LogP contribution in [0.2, 0.25) is 0 Å². The van der Waals surface area contributed by atoms with Crippen molar-refractivity contribution >= 4 is 52.5 Å². The Morgan fingerprint density at radius 3 is 2.27 bits per heavy atom. The normalized spacial score (nSPS) is 19.2. The number of nitrogens with two attached hydrogens (primary N) is 1. The molecule has 0 radical (unpaired) electrons. The molecule has 444 valence electrons. The van der Waals surface area contributed by atoms with Crippen LogP contribution in [0.15, 0.2) is 66.2 Å². The van der Waals surface area contributed by atoms with E-state index < -0.39 is 71.1 Å². The summed E-state index contributed by atoms with van der Waals surface area (Å²) in [5, 5.41) is 19.3. The van der Waals surface area contributed by atoms with Crippen molar-refractivity contribution in [3.05, 3.63) is 99.7 Å². The number of carbonyl (C=O) groups is 6. The number of hydrogen-bond acceptors (Lipinski definition) is 14. The van der Waals surface area contributed by atoms with Gasteiger partial charge >= 0.3 is 0 Å². The molecule has 2 fully saturated rings. The molecule has 8 rings (SSSR count). The van der Waals surface area contributed by atoms with E-state index in [1.54, 1.807) is 31.2 Å². The van der Waals surface area contributed by atoms with Crippen molar-refractivity contribution in [2.24, 2.45) is 11.1 Å². The molecule has 82 heavy (non-hydrogen) atoms. The number of aromatic nitrogens is 1. The van der Waals surface area contributed by atoms with Crippen LogP contribution in [-0.2, 0) is 80.1 Å². The van der Waals surface area contributed by atoms with E-state index in [4.69, 9.17) is 29.4 Å². The number of aliphatic hydroxyl groups is 1. The maximum absolute atomic E-state index is 14.7. The molecule has 6 atom stereocenters. The number of para-hydroxylation sites is 1. The summed E-state index contributed by atoms with van der Waals surface area (Å²) in [7, 11) is 0. The highest BCUT2D eigenvalue weighted by atomic mass is 32.1. The van der Waals surface area contributed by atoms with Crippen LogP contribution in [-0.4, -0.2) is 145 Å². The van der Waals surface area contributed by atoms with Crippen molar-refractivity contribution in [3.63, 3.8) is 0 Å². The second kappa shape index (κ2) is 28.3.